The van der Waals surface area contributed by atoms with Crippen LogP contribution in [0.15, 0.2) is 0 Å². The molecule has 0 saturated carbocycles. The van der Waals surface area contributed by atoms with E-state index >= 15 is 0 Å². The average molecular weight is 143 g/mol. The van der Waals surface area contributed by atoms with Crippen LogP contribution in [0.3, 0.4) is 0 Å². The molecule has 3 heteroatoms. The van der Waals surface area contributed by atoms with E-state index in [9.17, 15) is 4.79 Å². The van der Waals surface area contributed by atoms with Gasteiger partial charge in [0.1, 0.15) is 0 Å². The molecule has 1 radical (unpaired) electrons. The first-order chi connectivity index (χ1) is 4.39. The standard InChI is InChI=1S/C7H15N2O/c1-5-9(6(8)10)7(2,3)4/h8H,5H2,1-4H3. The van der Waals surface area contributed by atoms with Crippen molar-refractivity contribution in [2.24, 2.45) is 0 Å². The fraction of sp³-hybridized carbons (Fsp3) is 0.857. The lowest BCUT2D eigenvalue weighted by atomic mass is 10.1. The Hall–Kier alpha value is -0.730. The summed E-state index contributed by atoms with van der Waals surface area (Å²) in [7, 11) is 0. The fourth-order valence-electron chi connectivity index (χ4n) is 0.923. The van der Waals surface area contributed by atoms with Crippen LogP contribution in [0.5, 0.6) is 0 Å². The normalized spacial score (nSPS) is 11.2. The molecule has 0 rings (SSSR count). The van der Waals surface area contributed by atoms with Crippen LogP contribution in [0.25, 0.3) is 0 Å². The number of hydrogen-bond acceptors (Lipinski definition) is 1. The Morgan fingerprint density at radius 3 is 1.90 bits per heavy atom. The number of hydrogen-bond donors (Lipinski definition) is 0. The van der Waals surface area contributed by atoms with E-state index in [-0.39, 0.29) is 5.54 Å². The Morgan fingerprint density at radius 2 is 1.90 bits per heavy atom. The van der Waals surface area contributed by atoms with Crippen molar-refractivity contribution >= 4 is 6.03 Å². The summed E-state index contributed by atoms with van der Waals surface area (Å²) in [4.78, 5) is 12.1. The highest BCUT2D eigenvalue weighted by Crippen LogP contribution is 2.11. The van der Waals surface area contributed by atoms with Crippen LogP contribution in [0.2, 0.25) is 0 Å². The lowest BCUT2D eigenvalue weighted by molar-refractivity contribution is 0.157. The van der Waals surface area contributed by atoms with Crippen molar-refractivity contribution in [3.05, 3.63) is 0 Å². The van der Waals surface area contributed by atoms with E-state index in [0.29, 0.717) is 6.54 Å². The molecule has 3 nitrogen and oxygen atoms in total. The summed E-state index contributed by atoms with van der Waals surface area (Å²) < 4.78 is 0. The zero-order chi connectivity index (χ0) is 8.36. The molecule has 0 unspecified atom stereocenters. The van der Waals surface area contributed by atoms with E-state index in [4.69, 9.17) is 5.73 Å². The number of carbonyl (C=O) groups excluding carboxylic acids is 1. The zero-order valence-electron chi connectivity index (χ0n) is 7.06. The molecule has 0 atom stereocenters. The smallest absolute Gasteiger partial charge is 0.319 e. The molecule has 0 spiro atoms. The van der Waals surface area contributed by atoms with Gasteiger partial charge in [-0.05, 0) is 27.7 Å². The van der Waals surface area contributed by atoms with Crippen LogP contribution in [0.4, 0.5) is 4.79 Å². The monoisotopic (exact) mass is 143 g/mol. The Bertz CT molecular complexity index is 126. The number of nitrogens with zero attached hydrogens (tertiary/aromatic N) is 1. The van der Waals surface area contributed by atoms with Gasteiger partial charge < -0.3 is 4.90 Å². The van der Waals surface area contributed by atoms with Gasteiger partial charge in [-0.2, -0.15) is 0 Å². The summed E-state index contributed by atoms with van der Waals surface area (Å²) in [5, 5.41) is 0. The van der Waals surface area contributed by atoms with Gasteiger partial charge in [0.05, 0.1) is 0 Å². The molecule has 0 heterocycles. The summed E-state index contributed by atoms with van der Waals surface area (Å²) in [6.45, 7) is 8.23. The van der Waals surface area contributed by atoms with Gasteiger partial charge in [0, 0.05) is 12.1 Å². The molecule has 0 aliphatic carbocycles. The number of urea groups is 1. The summed E-state index contributed by atoms with van der Waals surface area (Å²) in [5.74, 6) is 0. The summed E-state index contributed by atoms with van der Waals surface area (Å²) in [5.41, 5.74) is 6.66. The van der Waals surface area contributed by atoms with Gasteiger partial charge in [-0.1, -0.05) is 0 Å². The predicted molar refractivity (Wildman–Crippen MR) is 40.6 cm³/mol. The van der Waals surface area contributed by atoms with E-state index in [0.717, 1.165) is 0 Å². The maximum absolute atomic E-state index is 10.6. The SMILES string of the molecule is CCN(C([NH])=O)C(C)(C)C. The highest BCUT2D eigenvalue weighted by atomic mass is 16.2. The summed E-state index contributed by atoms with van der Waals surface area (Å²) in [6, 6.07) is -0.602. The van der Waals surface area contributed by atoms with Crippen LogP contribution < -0.4 is 5.73 Å². The van der Waals surface area contributed by atoms with E-state index in [2.05, 4.69) is 0 Å². The van der Waals surface area contributed by atoms with Gasteiger partial charge in [0.2, 0.25) is 0 Å². The quantitative estimate of drug-likeness (QED) is 0.548. The second kappa shape index (κ2) is 2.90. The Labute approximate surface area is 62.2 Å². The van der Waals surface area contributed by atoms with Gasteiger partial charge in [-0.15, -0.1) is 0 Å². The van der Waals surface area contributed by atoms with Crippen molar-refractivity contribution in [1.82, 2.24) is 10.6 Å². The van der Waals surface area contributed by atoms with Gasteiger partial charge in [0.15, 0.2) is 0 Å². The van der Waals surface area contributed by atoms with Gasteiger partial charge in [0.25, 0.3) is 0 Å². The molecule has 0 bridgehead atoms. The van der Waals surface area contributed by atoms with Crippen molar-refractivity contribution in [2.45, 2.75) is 33.2 Å². The minimum absolute atomic E-state index is 0.215. The molecule has 0 fully saturated rings. The Kier molecular flexibility index (Phi) is 2.69. The minimum atomic E-state index is -0.602. The molecule has 0 aliphatic heterocycles. The molecule has 0 saturated heterocycles. The molecule has 0 aromatic heterocycles. The molecule has 10 heavy (non-hydrogen) atoms. The fourth-order valence-corrected chi connectivity index (χ4v) is 0.923. The number of rotatable bonds is 1. The van der Waals surface area contributed by atoms with Crippen LogP contribution in [0.1, 0.15) is 27.7 Å². The van der Waals surface area contributed by atoms with Crippen molar-refractivity contribution in [1.29, 1.82) is 0 Å². The highest BCUT2D eigenvalue weighted by molar-refractivity contribution is 5.71. The zero-order valence-corrected chi connectivity index (χ0v) is 7.06. The minimum Gasteiger partial charge on any atom is -0.319 e. The third-order valence-electron chi connectivity index (χ3n) is 1.37. The van der Waals surface area contributed by atoms with E-state index in [1.165, 1.54) is 4.90 Å². The Balaban J connectivity index is 4.22. The van der Waals surface area contributed by atoms with Crippen LogP contribution >= 0.6 is 0 Å². The predicted octanol–water partition coefficient (Wildman–Crippen LogP) is 1.51. The maximum atomic E-state index is 10.6. The van der Waals surface area contributed by atoms with Crippen molar-refractivity contribution in [3.8, 4) is 0 Å². The van der Waals surface area contributed by atoms with Crippen LogP contribution in [-0.2, 0) is 0 Å². The number of nitrogens with one attached hydrogen (secondary N) is 1. The van der Waals surface area contributed by atoms with E-state index in [1.54, 1.807) is 0 Å². The third-order valence-corrected chi connectivity index (χ3v) is 1.37. The first kappa shape index (κ1) is 9.27. The number of carbonyl (C=O) groups is 1. The first-order valence-corrected chi connectivity index (χ1v) is 3.42. The van der Waals surface area contributed by atoms with Gasteiger partial charge >= 0.3 is 6.03 Å². The molecule has 0 aromatic rings. The molecule has 2 amide bonds. The second-order valence-electron chi connectivity index (χ2n) is 3.22. The second-order valence-corrected chi connectivity index (χ2v) is 3.22. The molecule has 59 valence electrons. The van der Waals surface area contributed by atoms with E-state index < -0.39 is 6.03 Å². The summed E-state index contributed by atoms with van der Waals surface area (Å²) >= 11 is 0. The number of amides is 2. The largest absolute Gasteiger partial charge is 0.336 e. The van der Waals surface area contributed by atoms with Crippen molar-refractivity contribution < 1.29 is 4.79 Å². The van der Waals surface area contributed by atoms with Crippen LogP contribution in [-0.4, -0.2) is 23.0 Å². The average Bonchev–Trinajstić information content (AvgIpc) is 1.60. The van der Waals surface area contributed by atoms with Crippen molar-refractivity contribution in [3.63, 3.8) is 0 Å². The molecule has 0 aliphatic rings. The Morgan fingerprint density at radius 1 is 1.50 bits per heavy atom. The van der Waals surface area contributed by atoms with Gasteiger partial charge in [-0.3, -0.25) is 0 Å². The van der Waals surface area contributed by atoms with E-state index in [1.807, 2.05) is 27.7 Å². The highest BCUT2D eigenvalue weighted by Gasteiger charge is 2.22. The third kappa shape index (κ3) is 2.25. The molecule has 1 N–H and O–H groups in total. The molecule has 0 aromatic carbocycles. The molecular formula is C7H15N2O. The van der Waals surface area contributed by atoms with Gasteiger partial charge in [-0.25, -0.2) is 10.5 Å². The lowest BCUT2D eigenvalue weighted by Crippen LogP contribution is -2.45. The van der Waals surface area contributed by atoms with Crippen molar-refractivity contribution in [2.75, 3.05) is 6.54 Å². The lowest BCUT2D eigenvalue weighted by Gasteiger charge is -2.32. The maximum Gasteiger partial charge on any atom is 0.336 e. The molecular weight excluding hydrogens is 128 g/mol. The topological polar surface area (TPSA) is 44.1 Å². The summed E-state index contributed by atoms with van der Waals surface area (Å²) in [6.07, 6.45) is 0. The first-order valence-electron chi connectivity index (χ1n) is 3.42. The van der Waals surface area contributed by atoms with Crippen LogP contribution in [0, 0.1) is 0 Å².